The summed E-state index contributed by atoms with van der Waals surface area (Å²) in [6, 6.07) is 6.90. The SMILES string of the molecule is CC1=C(C#N)C(c2cccc(OC(F)(F)F)c2)C(C(=O)O)=C(C)N1. The minimum Gasteiger partial charge on any atom is -0.478 e. The molecule has 0 spiro atoms. The van der Waals surface area contributed by atoms with Gasteiger partial charge in [0.15, 0.2) is 0 Å². The normalized spacial score (nSPS) is 18.1. The molecular weight excluding hydrogens is 325 g/mol. The first kappa shape index (κ1) is 17.4. The van der Waals surface area contributed by atoms with Crippen molar-refractivity contribution in [3.05, 3.63) is 52.4 Å². The van der Waals surface area contributed by atoms with Gasteiger partial charge in [-0.1, -0.05) is 12.1 Å². The number of benzene rings is 1. The zero-order valence-corrected chi connectivity index (χ0v) is 12.7. The lowest BCUT2D eigenvalue weighted by Gasteiger charge is -2.27. The van der Waals surface area contributed by atoms with Crippen molar-refractivity contribution in [3.8, 4) is 11.8 Å². The van der Waals surface area contributed by atoms with Crippen molar-refractivity contribution in [2.75, 3.05) is 0 Å². The van der Waals surface area contributed by atoms with Crippen LogP contribution in [0, 0.1) is 11.3 Å². The Bertz CT molecular complexity index is 788. The Labute approximate surface area is 135 Å². The summed E-state index contributed by atoms with van der Waals surface area (Å²) in [4.78, 5) is 11.6. The van der Waals surface area contributed by atoms with E-state index in [1.54, 1.807) is 6.92 Å². The number of aliphatic carboxylic acids is 1. The maximum absolute atomic E-state index is 12.4. The van der Waals surface area contributed by atoms with E-state index in [0.29, 0.717) is 11.4 Å². The third kappa shape index (κ3) is 3.51. The van der Waals surface area contributed by atoms with Crippen molar-refractivity contribution in [3.63, 3.8) is 0 Å². The van der Waals surface area contributed by atoms with Crippen molar-refractivity contribution in [2.24, 2.45) is 0 Å². The van der Waals surface area contributed by atoms with Crippen LogP contribution < -0.4 is 10.1 Å². The molecule has 1 heterocycles. The third-order valence-corrected chi connectivity index (χ3v) is 3.54. The molecular formula is C16H13F3N2O3. The molecule has 0 saturated heterocycles. The van der Waals surface area contributed by atoms with Crippen molar-refractivity contribution in [2.45, 2.75) is 26.1 Å². The second-order valence-corrected chi connectivity index (χ2v) is 5.17. The van der Waals surface area contributed by atoms with Gasteiger partial charge in [-0.05, 0) is 31.5 Å². The number of hydrogen-bond acceptors (Lipinski definition) is 4. The molecule has 1 aromatic carbocycles. The van der Waals surface area contributed by atoms with Gasteiger partial charge in [0.25, 0.3) is 0 Å². The maximum atomic E-state index is 12.4. The van der Waals surface area contributed by atoms with Crippen LogP contribution in [0.4, 0.5) is 13.2 Å². The molecule has 2 N–H and O–H groups in total. The van der Waals surface area contributed by atoms with Gasteiger partial charge in [-0.2, -0.15) is 5.26 Å². The minimum absolute atomic E-state index is 0.0960. The lowest BCUT2D eigenvalue weighted by molar-refractivity contribution is -0.274. The summed E-state index contributed by atoms with van der Waals surface area (Å²) < 4.78 is 41.0. The number of nitrogens with one attached hydrogen (secondary N) is 1. The molecule has 1 atom stereocenters. The number of halogens is 3. The topological polar surface area (TPSA) is 82.3 Å². The highest BCUT2D eigenvalue weighted by molar-refractivity contribution is 5.91. The molecule has 8 heteroatoms. The quantitative estimate of drug-likeness (QED) is 0.882. The summed E-state index contributed by atoms with van der Waals surface area (Å²) in [6.07, 6.45) is -4.86. The number of nitriles is 1. The van der Waals surface area contributed by atoms with Gasteiger partial charge in [0.05, 0.1) is 23.1 Å². The number of carbonyl (C=O) groups is 1. The Kier molecular flexibility index (Phi) is 4.55. The first-order chi connectivity index (χ1) is 11.1. The standard InChI is InChI=1S/C16H13F3N2O3/c1-8-12(7-20)14(13(15(22)23)9(2)21-8)10-4-3-5-11(6-10)24-16(17,18)19/h3-6,14,21H,1-2H3,(H,22,23). The fraction of sp³-hybridized carbons (Fsp3) is 0.250. The molecule has 0 aliphatic carbocycles. The van der Waals surface area contributed by atoms with Crippen molar-refractivity contribution >= 4 is 5.97 Å². The van der Waals surface area contributed by atoms with Crippen molar-refractivity contribution in [1.29, 1.82) is 5.26 Å². The van der Waals surface area contributed by atoms with Crippen LogP contribution in [0.2, 0.25) is 0 Å². The van der Waals surface area contributed by atoms with E-state index in [-0.39, 0.29) is 16.7 Å². The molecule has 1 aromatic rings. The largest absolute Gasteiger partial charge is 0.573 e. The molecule has 0 radical (unpaired) electrons. The predicted molar refractivity (Wildman–Crippen MR) is 77.7 cm³/mol. The molecule has 0 aromatic heterocycles. The number of carboxylic acids is 1. The van der Waals surface area contributed by atoms with E-state index in [0.717, 1.165) is 12.1 Å². The van der Waals surface area contributed by atoms with Gasteiger partial charge in [-0.3, -0.25) is 0 Å². The first-order valence-corrected chi connectivity index (χ1v) is 6.81. The number of carboxylic acid groups (broad SMARTS) is 1. The highest BCUT2D eigenvalue weighted by atomic mass is 19.4. The van der Waals surface area contributed by atoms with Crippen molar-refractivity contribution < 1.29 is 27.8 Å². The van der Waals surface area contributed by atoms with Gasteiger partial charge in [0.2, 0.25) is 0 Å². The van der Waals surface area contributed by atoms with E-state index in [4.69, 9.17) is 0 Å². The second-order valence-electron chi connectivity index (χ2n) is 5.17. The number of dihydropyridines is 1. The molecule has 2 rings (SSSR count). The number of hydrogen-bond donors (Lipinski definition) is 2. The number of allylic oxidation sites excluding steroid dienone is 3. The summed E-state index contributed by atoms with van der Waals surface area (Å²) in [5.41, 5.74) is 1.03. The molecule has 0 bridgehead atoms. The first-order valence-electron chi connectivity index (χ1n) is 6.81. The Morgan fingerprint density at radius 1 is 1.33 bits per heavy atom. The van der Waals surface area contributed by atoms with Gasteiger partial charge in [-0.25, -0.2) is 4.79 Å². The third-order valence-electron chi connectivity index (χ3n) is 3.54. The molecule has 0 amide bonds. The number of nitrogens with zero attached hydrogens (tertiary/aromatic N) is 1. The maximum Gasteiger partial charge on any atom is 0.573 e. The van der Waals surface area contributed by atoms with E-state index >= 15 is 0 Å². The molecule has 5 nitrogen and oxygen atoms in total. The van der Waals surface area contributed by atoms with Crippen molar-refractivity contribution in [1.82, 2.24) is 5.32 Å². The second kappa shape index (κ2) is 6.28. The molecule has 126 valence electrons. The van der Waals surface area contributed by atoms with E-state index in [1.165, 1.54) is 19.1 Å². The van der Waals surface area contributed by atoms with E-state index < -0.39 is 24.0 Å². The lowest BCUT2D eigenvalue weighted by atomic mass is 9.81. The smallest absolute Gasteiger partial charge is 0.478 e. The Balaban J connectivity index is 2.58. The van der Waals surface area contributed by atoms with Crippen LogP contribution in [0.25, 0.3) is 0 Å². The van der Waals surface area contributed by atoms with Gasteiger partial charge in [0, 0.05) is 11.4 Å². The van der Waals surface area contributed by atoms with Crippen LogP contribution in [-0.4, -0.2) is 17.4 Å². The highest BCUT2D eigenvalue weighted by Gasteiger charge is 2.35. The minimum atomic E-state index is -4.86. The van der Waals surface area contributed by atoms with Crippen LogP contribution >= 0.6 is 0 Å². The lowest BCUT2D eigenvalue weighted by Crippen LogP contribution is -2.27. The number of ether oxygens (including phenoxy) is 1. The van der Waals surface area contributed by atoms with Crippen LogP contribution in [0.3, 0.4) is 0 Å². The summed E-state index contributed by atoms with van der Waals surface area (Å²) in [5, 5.41) is 21.6. The summed E-state index contributed by atoms with van der Waals surface area (Å²) >= 11 is 0. The predicted octanol–water partition coefficient (Wildman–Crippen LogP) is 3.43. The van der Waals surface area contributed by atoms with Crippen LogP contribution in [0.1, 0.15) is 25.3 Å². The molecule has 1 unspecified atom stereocenters. The van der Waals surface area contributed by atoms with Gasteiger partial charge < -0.3 is 15.2 Å². The fourth-order valence-electron chi connectivity index (χ4n) is 2.65. The Morgan fingerprint density at radius 3 is 2.54 bits per heavy atom. The monoisotopic (exact) mass is 338 g/mol. The van der Waals surface area contributed by atoms with Gasteiger partial charge in [-0.15, -0.1) is 13.2 Å². The molecule has 1 aliphatic heterocycles. The number of rotatable bonds is 3. The summed E-state index contributed by atoms with van der Waals surface area (Å²) in [6.45, 7) is 3.13. The van der Waals surface area contributed by atoms with Crippen LogP contribution in [-0.2, 0) is 4.79 Å². The molecule has 24 heavy (non-hydrogen) atoms. The number of alkyl halides is 3. The fourth-order valence-corrected chi connectivity index (χ4v) is 2.65. The molecule has 0 fully saturated rings. The van der Waals surface area contributed by atoms with Crippen LogP contribution in [0.15, 0.2) is 46.8 Å². The summed E-state index contributed by atoms with van der Waals surface area (Å²) in [7, 11) is 0. The molecule has 1 aliphatic rings. The molecule has 0 saturated carbocycles. The average molecular weight is 338 g/mol. The van der Waals surface area contributed by atoms with E-state index in [2.05, 4.69) is 10.1 Å². The van der Waals surface area contributed by atoms with Gasteiger partial charge in [0.1, 0.15) is 5.75 Å². The average Bonchev–Trinajstić information content (AvgIpc) is 2.44. The Morgan fingerprint density at radius 2 is 2.00 bits per heavy atom. The zero-order valence-electron chi connectivity index (χ0n) is 12.7. The van der Waals surface area contributed by atoms with E-state index in [9.17, 15) is 28.3 Å². The van der Waals surface area contributed by atoms with Crippen LogP contribution in [0.5, 0.6) is 5.75 Å². The van der Waals surface area contributed by atoms with E-state index in [1.807, 2.05) is 6.07 Å². The van der Waals surface area contributed by atoms with Gasteiger partial charge >= 0.3 is 12.3 Å². The zero-order chi connectivity index (χ0) is 18.1. The summed E-state index contributed by atoms with van der Waals surface area (Å²) in [5.74, 6) is -2.71. The Hall–Kier alpha value is -2.95. The highest BCUT2D eigenvalue weighted by Crippen LogP contribution is 2.39.